The molecular formula is C22H28ClN3O2S. The zero-order chi connectivity index (χ0) is 21.0. The number of aromatic nitrogens is 3. The van der Waals surface area contributed by atoms with Crippen molar-refractivity contribution in [2.45, 2.75) is 64.3 Å². The Kier molecular flexibility index (Phi) is 6.96. The summed E-state index contributed by atoms with van der Waals surface area (Å²) in [6.07, 6.45) is 6.22. The van der Waals surface area contributed by atoms with Crippen molar-refractivity contribution in [3.63, 3.8) is 0 Å². The van der Waals surface area contributed by atoms with E-state index in [4.69, 9.17) is 16.6 Å². The third-order valence-electron chi connectivity index (χ3n) is 5.29. The predicted molar refractivity (Wildman–Crippen MR) is 118 cm³/mol. The number of hydrogen-bond donors (Lipinski definition) is 0. The van der Waals surface area contributed by atoms with Gasteiger partial charge in [-0.05, 0) is 62.9 Å². The molecule has 0 unspecified atom stereocenters. The van der Waals surface area contributed by atoms with Crippen molar-refractivity contribution in [3.05, 3.63) is 52.6 Å². The topological polar surface area (TPSA) is 64.8 Å². The summed E-state index contributed by atoms with van der Waals surface area (Å²) >= 11 is 5.85. The fourth-order valence-electron chi connectivity index (χ4n) is 3.58. The standard InChI is InChI=1S/C22H28ClN3O2S/c1-4-8-21-25-20-15-24-17(3)16(2)22(20)26(21)13-6-5-7-14-29(27,28)19-11-9-18(23)10-12-19/h9-12,15H,4-8,13-14H2,1-3H3. The Morgan fingerprint density at radius 3 is 2.48 bits per heavy atom. The Morgan fingerprint density at radius 2 is 1.79 bits per heavy atom. The maximum absolute atomic E-state index is 12.5. The third kappa shape index (κ3) is 4.98. The first-order valence-corrected chi connectivity index (χ1v) is 12.2. The molecule has 29 heavy (non-hydrogen) atoms. The molecule has 0 amide bonds. The lowest BCUT2D eigenvalue weighted by atomic mass is 10.2. The van der Waals surface area contributed by atoms with Gasteiger partial charge in [0.15, 0.2) is 9.84 Å². The number of benzene rings is 1. The lowest BCUT2D eigenvalue weighted by Crippen LogP contribution is -2.08. The largest absolute Gasteiger partial charge is 0.328 e. The molecule has 0 aliphatic carbocycles. The molecule has 0 bridgehead atoms. The summed E-state index contributed by atoms with van der Waals surface area (Å²) in [6.45, 7) is 7.11. The molecule has 3 aromatic rings. The summed E-state index contributed by atoms with van der Waals surface area (Å²) < 4.78 is 27.2. The predicted octanol–water partition coefficient (Wildman–Crippen LogP) is 5.30. The van der Waals surface area contributed by atoms with Gasteiger partial charge >= 0.3 is 0 Å². The van der Waals surface area contributed by atoms with Gasteiger partial charge in [0.1, 0.15) is 11.3 Å². The van der Waals surface area contributed by atoms with E-state index in [1.165, 1.54) is 5.56 Å². The fourth-order valence-corrected chi connectivity index (χ4v) is 5.08. The summed E-state index contributed by atoms with van der Waals surface area (Å²) in [5.74, 6) is 1.25. The first kappa shape index (κ1) is 21.8. The number of imidazole rings is 1. The highest BCUT2D eigenvalue weighted by atomic mass is 35.5. The molecule has 0 spiro atoms. The summed E-state index contributed by atoms with van der Waals surface area (Å²) in [4.78, 5) is 9.56. The number of halogens is 1. The smallest absolute Gasteiger partial charge is 0.178 e. The van der Waals surface area contributed by atoms with E-state index < -0.39 is 9.84 Å². The summed E-state index contributed by atoms with van der Waals surface area (Å²) in [5.41, 5.74) is 4.30. The highest BCUT2D eigenvalue weighted by Crippen LogP contribution is 2.23. The SMILES string of the molecule is CCCc1nc2cnc(C)c(C)c2n1CCCCCS(=O)(=O)c1ccc(Cl)cc1. The second kappa shape index (κ2) is 9.26. The second-order valence-electron chi connectivity index (χ2n) is 7.47. The Bertz CT molecular complexity index is 1090. The number of sulfone groups is 1. The normalized spacial score (nSPS) is 12.0. The molecule has 0 saturated heterocycles. The van der Waals surface area contributed by atoms with Crippen molar-refractivity contribution in [3.8, 4) is 0 Å². The minimum absolute atomic E-state index is 0.156. The van der Waals surface area contributed by atoms with Crippen molar-refractivity contribution < 1.29 is 8.42 Å². The van der Waals surface area contributed by atoms with Gasteiger partial charge in [0, 0.05) is 23.7 Å². The maximum Gasteiger partial charge on any atom is 0.178 e. The minimum Gasteiger partial charge on any atom is -0.328 e. The first-order valence-electron chi connectivity index (χ1n) is 10.1. The fraction of sp³-hybridized carbons (Fsp3) is 0.455. The van der Waals surface area contributed by atoms with Crippen LogP contribution in [-0.2, 0) is 22.8 Å². The van der Waals surface area contributed by atoms with E-state index in [1.807, 2.05) is 13.1 Å². The quantitative estimate of drug-likeness (QED) is 0.429. The monoisotopic (exact) mass is 433 g/mol. The molecule has 0 saturated carbocycles. The van der Waals surface area contributed by atoms with Gasteiger partial charge in [0.25, 0.3) is 0 Å². The summed E-state index contributed by atoms with van der Waals surface area (Å²) in [6, 6.07) is 6.39. The number of hydrogen-bond acceptors (Lipinski definition) is 4. The van der Waals surface area contributed by atoms with Crippen LogP contribution in [0.4, 0.5) is 0 Å². The van der Waals surface area contributed by atoms with E-state index in [-0.39, 0.29) is 5.75 Å². The van der Waals surface area contributed by atoms with Gasteiger partial charge in [0.2, 0.25) is 0 Å². The maximum atomic E-state index is 12.5. The van der Waals surface area contributed by atoms with Crippen molar-refractivity contribution in [1.82, 2.24) is 14.5 Å². The molecule has 2 heterocycles. The molecule has 3 rings (SSSR count). The van der Waals surface area contributed by atoms with Crippen molar-refractivity contribution in [2.75, 3.05) is 5.75 Å². The highest BCUT2D eigenvalue weighted by Gasteiger charge is 2.15. The first-order chi connectivity index (χ1) is 13.8. The van der Waals surface area contributed by atoms with Gasteiger partial charge in [-0.1, -0.05) is 24.9 Å². The number of pyridine rings is 1. The summed E-state index contributed by atoms with van der Waals surface area (Å²) in [7, 11) is -3.26. The third-order valence-corrected chi connectivity index (χ3v) is 7.36. The zero-order valence-electron chi connectivity index (χ0n) is 17.3. The molecule has 2 aromatic heterocycles. The molecule has 0 N–H and O–H groups in total. The molecule has 1 aromatic carbocycles. The Morgan fingerprint density at radius 1 is 1.07 bits per heavy atom. The van der Waals surface area contributed by atoms with E-state index in [9.17, 15) is 8.42 Å². The van der Waals surface area contributed by atoms with Gasteiger partial charge in [-0.2, -0.15) is 0 Å². The van der Waals surface area contributed by atoms with Gasteiger partial charge in [-0.15, -0.1) is 0 Å². The Hall–Kier alpha value is -1.92. The molecule has 0 fully saturated rings. The Labute approximate surface area is 178 Å². The van der Waals surface area contributed by atoms with Gasteiger partial charge in [-0.25, -0.2) is 13.4 Å². The van der Waals surface area contributed by atoms with E-state index in [1.54, 1.807) is 24.3 Å². The van der Waals surface area contributed by atoms with Crippen LogP contribution in [0.2, 0.25) is 5.02 Å². The van der Waals surface area contributed by atoms with Crippen molar-refractivity contribution in [1.29, 1.82) is 0 Å². The van der Waals surface area contributed by atoms with Crippen LogP contribution >= 0.6 is 11.6 Å². The number of aryl methyl sites for hydroxylation is 4. The summed E-state index contributed by atoms with van der Waals surface area (Å²) in [5, 5.41) is 0.542. The van der Waals surface area contributed by atoms with E-state index in [0.29, 0.717) is 16.3 Å². The number of fused-ring (bicyclic) bond motifs is 1. The molecule has 5 nitrogen and oxygen atoms in total. The van der Waals surface area contributed by atoms with Crippen molar-refractivity contribution in [2.24, 2.45) is 0 Å². The molecule has 0 aliphatic heterocycles. The van der Waals surface area contributed by atoms with E-state index >= 15 is 0 Å². The molecule has 0 aliphatic rings. The van der Waals surface area contributed by atoms with Crippen LogP contribution in [0.3, 0.4) is 0 Å². The number of unbranched alkanes of at least 4 members (excludes halogenated alkanes) is 2. The zero-order valence-corrected chi connectivity index (χ0v) is 18.9. The molecule has 0 radical (unpaired) electrons. The van der Waals surface area contributed by atoms with Gasteiger partial charge < -0.3 is 4.57 Å². The lowest BCUT2D eigenvalue weighted by molar-refractivity contribution is 0.572. The molecule has 156 valence electrons. The van der Waals surface area contributed by atoms with Crippen LogP contribution in [0.25, 0.3) is 11.0 Å². The van der Waals surface area contributed by atoms with E-state index in [0.717, 1.165) is 54.8 Å². The average molecular weight is 434 g/mol. The van der Waals surface area contributed by atoms with Gasteiger partial charge in [-0.3, -0.25) is 4.98 Å². The van der Waals surface area contributed by atoms with E-state index in [2.05, 4.69) is 23.4 Å². The molecular weight excluding hydrogens is 406 g/mol. The number of rotatable bonds is 9. The average Bonchev–Trinajstić information content (AvgIpc) is 3.03. The Balaban J connectivity index is 1.64. The molecule has 0 atom stereocenters. The second-order valence-corrected chi connectivity index (χ2v) is 10.0. The van der Waals surface area contributed by atoms with Crippen LogP contribution < -0.4 is 0 Å². The van der Waals surface area contributed by atoms with Crippen LogP contribution in [0.1, 0.15) is 49.7 Å². The lowest BCUT2D eigenvalue weighted by Gasteiger charge is -2.11. The van der Waals surface area contributed by atoms with Crippen LogP contribution in [0.15, 0.2) is 35.4 Å². The molecule has 7 heteroatoms. The number of nitrogens with zero attached hydrogens (tertiary/aromatic N) is 3. The minimum atomic E-state index is -3.26. The van der Waals surface area contributed by atoms with Crippen LogP contribution in [0, 0.1) is 13.8 Å². The van der Waals surface area contributed by atoms with Crippen molar-refractivity contribution >= 4 is 32.5 Å². The van der Waals surface area contributed by atoms with Crippen LogP contribution in [-0.4, -0.2) is 28.7 Å². The van der Waals surface area contributed by atoms with Crippen LogP contribution in [0.5, 0.6) is 0 Å². The highest BCUT2D eigenvalue weighted by molar-refractivity contribution is 7.91. The van der Waals surface area contributed by atoms with Gasteiger partial charge in [0.05, 0.1) is 22.4 Å².